The van der Waals surface area contributed by atoms with Gasteiger partial charge < -0.3 is 24.7 Å². The van der Waals surface area contributed by atoms with E-state index in [4.69, 9.17) is 9.84 Å². The summed E-state index contributed by atoms with van der Waals surface area (Å²) in [5, 5.41) is 18.7. The number of carbonyl (C=O) groups excluding carboxylic acids is 1. The highest BCUT2D eigenvalue weighted by atomic mass is 16.5. The lowest BCUT2D eigenvalue weighted by molar-refractivity contribution is -0.141. The lowest BCUT2D eigenvalue weighted by Gasteiger charge is -2.38. The zero-order valence-corrected chi connectivity index (χ0v) is 11.0. The average molecular weight is 272 g/mol. The van der Waals surface area contributed by atoms with E-state index in [2.05, 4.69) is 0 Å². The maximum absolute atomic E-state index is 12.5. The molecule has 7 nitrogen and oxygen atoms in total. The monoisotopic (exact) mass is 272 g/mol. The number of β-amino-alcohol motifs (C(OH)–C–C–N with tert-alkyl or cyclic N) is 1. The van der Waals surface area contributed by atoms with Crippen LogP contribution in [-0.2, 0) is 9.53 Å². The minimum atomic E-state index is -1.06. The zero-order chi connectivity index (χ0) is 14.0. The van der Waals surface area contributed by atoms with Crippen molar-refractivity contribution in [2.45, 2.75) is 38.0 Å². The summed E-state index contributed by atoms with van der Waals surface area (Å²) in [5.74, 6) is -1.06. The fraction of sp³-hybridized carbons (Fsp3) is 0.833. The smallest absolute Gasteiger partial charge is 0.326 e. The van der Waals surface area contributed by atoms with Crippen molar-refractivity contribution in [3.63, 3.8) is 0 Å². The number of hydrogen-bond acceptors (Lipinski definition) is 4. The molecule has 2 N–H and O–H groups in total. The first-order valence-corrected chi connectivity index (χ1v) is 6.60. The molecular weight excluding hydrogens is 252 g/mol. The van der Waals surface area contributed by atoms with E-state index >= 15 is 0 Å². The van der Waals surface area contributed by atoms with Gasteiger partial charge in [-0.3, -0.25) is 0 Å². The van der Waals surface area contributed by atoms with Crippen molar-refractivity contribution in [3.8, 4) is 0 Å². The molecule has 3 atom stereocenters. The predicted molar refractivity (Wildman–Crippen MR) is 65.8 cm³/mol. The van der Waals surface area contributed by atoms with Gasteiger partial charge in [0, 0.05) is 19.5 Å². The minimum Gasteiger partial charge on any atom is -0.480 e. The summed E-state index contributed by atoms with van der Waals surface area (Å²) in [5.41, 5.74) is 0. The number of carbonyl (C=O) groups is 2. The maximum Gasteiger partial charge on any atom is 0.326 e. The van der Waals surface area contributed by atoms with E-state index < -0.39 is 18.1 Å². The molecule has 0 radical (unpaired) electrons. The Morgan fingerprint density at radius 3 is 2.74 bits per heavy atom. The molecule has 0 bridgehead atoms. The molecule has 2 aliphatic rings. The topological polar surface area (TPSA) is 90.3 Å². The van der Waals surface area contributed by atoms with Crippen LogP contribution in [0.2, 0.25) is 0 Å². The number of aliphatic carboxylic acids is 1. The number of hydrogen-bond donors (Lipinski definition) is 2. The van der Waals surface area contributed by atoms with Crippen LogP contribution in [-0.4, -0.2) is 76.5 Å². The molecule has 2 amide bonds. The summed E-state index contributed by atoms with van der Waals surface area (Å²) in [6, 6.07) is -1.25. The number of aliphatic hydroxyl groups excluding tert-OH is 1. The van der Waals surface area contributed by atoms with E-state index in [9.17, 15) is 14.7 Å². The van der Waals surface area contributed by atoms with Gasteiger partial charge in [-0.1, -0.05) is 6.92 Å². The summed E-state index contributed by atoms with van der Waals surface area (Å²) in [6.45, 7) is 3.47. The van der Waals surface area contributed by atoms with Crippen LogP contribution in [0.3, 0.4) is 0 Å². The molecule has 0 spiro atoms. The van der Waals surface area contributed by atoms with Gasteiger partial charge in [0.2, 0.25) is 0 Å². The third-order valence-electron chi connectivity index (χ3n) is 3.75. The van der Waals surface area contributed by atoms with Crippen LogP contribution in [0.5, 0.6) is 0 Å². The molecule has 0 aromatic heterocycles. The molecule has 1 unspecified atom stereocenters. The third kappa shape index (κ3) is 2.82. The van der Waals surface area contributed by atoms with Gasteiger partial charge in [-0.2, -0.15) is 0 Å². The van der Waals surface area contributed by atoms with Crippen molar-refractivity contribution in [1.29, 1.82) is 0 Å². The van der Waals surface area contributed by atoms with Crippen LogP contribution < -0.4 is 0 Å². The molecule has 2 heterocycles. The molecule has 0 saturated carbocycles. The molecule has 0 aromatic carbocycles. The number of ether oxygens (including phenoxy) is 1. The first kappa shape index (κ1) is 14.1. The number of carboxylic acid groups (broad SMARTS) is 1. The van der Waals surface area contributed by atoms with E-state index in [0.717, 1.165) is 6.42 Å². The molecule has 19 heavy (non-hydrogen) atoms. The SMILES string of the molecule is CCC1COCCN1C(=O)N1C[C@@H](O)C[C@H]1C(=O)O. The number of urea groups is 1. The van der Waals surface area contributed by atoms with Crippen molar-refractivity contribution < 1.29 is 24.5 Å². The summed E-state index contributed by atoms with van der Waals surface area (Å²) in [7, 11) is 0. The Balaban J connectivity index is 2.11. The van der Waals surface area contributed by atoms with Gasteiger partial charge in [0.1, 0.15) is 6.04 Å². The Morgan fingerprint density at radius 1 is 1.37 bits per heavy atom. The highest BCUT2D eigenvalue weighted by Gasteiger charge is 2.42. The lowest BCUT2D eigenvalue weighted by Crippen LogP contribution is -2.55. The van der Waals surface area contributed by atoms with Gasteiger partial charge in [-0.05, 0) is 6.42 Å². The number of carboxylic acids is 1. The second-order valence-corrected chi connectivity index (χ2v) is 5.01. The highest BCUT2D eigenvalue weighted by molar-refractivity contribution is 5.83. The standard InChI is InChI=1S/C12H20N2O5/c1-2-8-7-19-4-3-13(8)12(18)14-6-9(15)5-10(14)11(16)17/h8-10,15H,2-7H2,1H3,(H,16,17)/t8?,9-,10-/m0/s1. The molecule has 7 heteroatoms. The van der Waals surface area contributed by atoms with E-state index in [1.54, 1.807) is 4.90 Å². The van der Waals surface area contributed by atoms with Crippen molar-refractivity contribution >= 4 is 12.0 Å². The van der Waals surface area contributed by atoms with Crippen LogP contribution in [0, 0.1) is 0 Å². The van der Waals surface area contributed by atoms with Crippen molar-refractivity contribution in [1.82, 2.24) is 9.80 Å². The average Bonchev–Trinajstić information content (AvgIpc) is 2.80. The summed E-state index contributed by atoms with van der Waals surface area (Å²) < 4.78 is 5.33. The number of rotatable bonds is 2. The van der Waals surface area contributed by atoms with E-state index in [1.807, 2.05) is 6.92 Å². The third-order valence-corrected chi connectivity index (χ3v) is 3.75. The fourth-order valence-corrected chi connectivity index (χ4v) is 2.67. The van der Waals surface area contributed by atoms with Crippen LogP contribution in [0.1, 0.15) is 19.8 Å². The number of amides is 2. The predicted octanol–water partition coefficient (Wildman–Crippen LogP) is -0.263. The second kappa shape index (κ2) is 5.75. The molecule has 2 rings (SSSR count). The van der Waals surface area contributed by atoms with Gasteiger partial charge in [0.15, 0.2) is 0 Å². The molecule has 2 fully saturated rings. The van der Waals surface area contributed by atoms with Crippen molar-refractivity contribution in [2.24, 2.45) is 0 Å². The van der Waals surface area contributed by atoms with Crippen LogP contribution in [0.25, 0.3) is 0 Å². The van der Waals surface area contributed by atoms with Crippen molar-refractivity contribution in [2.75, 3.05) is 26.3 Å². The van der Waals surface area contributed by atoms with E-state index in [-0.39, 0.29) is 25.0 Å². The summed E-state index contributed by atoms with van der Waals surface area (Å²) in [6.07, 6.45) is 0.105. The second-order valence-electron chi connectivity index (χ2n) is 5.01. The van der Waals surface area contributed by atoms with Crippen molar-refractivity contribution in [3.05, 3.63) is 0 Å². The van der Waals surface area contributed by atoms with Crippen LogP contribution in [0.15, 0.2) is 0 Å². The van der Waals surface area contributed by atoms with Gasteiger partial charge >= 0.3 is 12.0 Å². The Bertz CT molecular complexity index is 362. The molecular formula is C12H20N2O5. The normalized spacial score (nSPS) is 31.6. The molecule has 2 saturated heterocycles. The first-order valence-electron chi connectivity index (χ1n) is 6.60. The summed E-state index contributed by atoms with van der Waals surface area (Å²) >= 11 is 0. The van der Waals surface area contributed by atoms with Gasteiger partial charge in [-0.25, -0.2) is 9.59 Å². The van der Waals surface area contributed by atoms with Crippen LogP contribution >= 0.6 is 0 Å². The number of nitrogens with zero attached hydrogens (tertiary/aromatic N) is 2. The number of likely N-dealkylation sites (tertiary alicyclic amines) is 1. The van der Waals surface area contributed by atoms with Gasteiger partial charge in [0.05, 0.1) is 25.4 Å². The van der Waals surface area contributed by atoms with E-state index in [0.29, 0.717) is 19.8 Å². The first-order chi connectivity index (χ1) is 9.04. The van der Waals surface area contributed by atoms with Gasteiger partial charge in [-0.15, -0.1) is 0 Å². The molecule has 0 aliphatic carbocycles. The highest BCUT2D eigenvalue weighted by Crippen LogP contribution is 2.22. The van der Waals surface area contributed by atoms with Crippen LogP contribution in [0.4, 0.5) is 4.79 Å². The molecule has 2 aliphatic heterocycles. The maximum atomic E-state index is 12.5. The Hall–Kier alpha value is -1.34. The fourth-order valence-electron chi connectivity index (χ4n) is 2.67. The quantitative estimate of drug-likeness (QED) is 0.722. The number of aliphatic hydroxyl groups is 1. The van der Waals surface area contributed by atoms with Gasteiger partial charge in [0.25, 0.3) is 0 Å². The molecule has 108 valence electrons. The molecule has 0 aromatic rings. The minimum absolute atomic E-state index is 0.0200. The summed E-state index contributed by atoms with van der Waals surface area (Å²) in [4.78, 5) is 26.5. The zero-order valence-electron chi connectivity index (χ0n) is 11.0. The largest absolute Gasteiger partial charge is 0.480 e. The lowest BCUT2D eigenvalue weighted by atomic mass is 10.2. The number of morpholine rings is 1. The Morgan fingerprint density at radius 2 is 2.11 bits per heavy atom. The van der Waals surface area contributed by atoms with E-state index in [1.165, 1.54) is 4.90 Å². The Labute approximate surface area is 111 Å². The Kier molecular flexibility index (Phi) is 4.26.